The van der Waals surface area contributed by atoms with Crippen molar-refractivity contribution in [3.63, 3.8) is 0 Å². The van der Waals surface area contributed by atoms with Crippen molar-refractivity contribution >= 4 is 11.9 Å². The lowest BCUT2D eigenvalue weighted by molar-refractivity contribution is -0.143. The van der Waals surface area contributed by atoms with Crippen LogP contribution in [0.4, 0.5) is 0 Å². The Bertz CT molecular complexity index is 207. The molecule has 0 aromatic carbocycles. The maximum atomic E-state index is 10.4. The molecular formula is C8H10O4. The fourth-order valence-corrected chi connectivity index (χ4v) is 1.23. The number of hydrogen-bond donors (Lipinski definition) is 2. The second-order valence-electron chi connectivity index (χ2n) is 2.85. The van der Waals surface area contributed by atoms with Crippen LogP contribution in [0.25, 0.3) is 0 Å². The Hall–Kier alpha value is -1.32. The molecule has 0 spiro atoms. The van der Waals surface area contributed by atoms with Gasteiger partial charge in [0.15, 0.2) is 0 Å². The van der Waals surface area contributed by atoms with E-state index in [1.165, 1.54) is 12.2 Å². The molecule has 66 valence electrons. The van der Waals surface area contributed by atoms with Gasteiger partial charge in [0.25, 0.3) is 0 Å². The molecule has 0 amide bonds. The summed E-state index contributed by atoms with van der Waals surface area (Å²) in [6, 6.07) is 0. The molecule has 1 rings (SSSR count). The van der Waals surface area contributed by atoms with Crippen LogP contribution in [-0.2, 0) is 9.59 Å². The van der Waals surface area contributed by atoms with E-state index in [1.807, 2.05) is 0 Å². The van der Waals surface area contributed by atoms with E-state index < -0.39 is 23.8 Å². The SMILES string of the molecule is O=C(O)[C@@H]1C=C[C@@H](C(=O)O)CC1. The first-order valence-electron chi connectivity index (χ1n) is 3.75. The highest BCUT2D eigenvalue weighted by Gasteiger charge is 2.24. The van der Waals surface area contributed by atoms with Crippen LogP contribution in [0.15, 0.2) is 12.2 Å². The van der Waals surface area contributed by atoms with Gasteiger partial charge in [0.2, 0.25) is 0 Å². The molecule has 0 unspecified atom stereocenters. The van der Waals surface area contributed by atoms with Crippen LogP contribution in [0, 0.1) is 11.8 Å². The summed E-state index contributed by atoms with van der Waals surface area (Å²) in [6.07, 6.45) is 3.76. The van der Waals surface area contributed by atoms with Crippen molar-refractivity contribution in [2.45, 2.75) is 12.8 Å². The molecule has 0 heterocycles. The van der Waals surface area contributed by atoms with Crippen molar-refractivity contribution in [3.05, 3.63) is 12.2 Å². The predicted octanol–water partition coefficient (Wildman–Crippen LogP) is 0.738. The second kappa shape index (κ2) is 3.38. The maximum absolute atomic E-state index is 10.4. The Morgan fingerprint density at radius 2 is 1.33 bits per heavy atom. The standard InChI is InChI=1S/C8H10O4/c9-7(10)5-1-2-6(4-3-5)8(11)12/h1-2,5-6H,3-4H2,(H,9,10)(H,11,12)/t5-,6-/m1/s1. The molecule has 0 radical (unpaired) electrons. The van der Waals surface area contributed by atoms with Gasteiger partial charge in [0.05, 0.1) is 11.8 Å². The summed E-state index contributed by atoms with van der Waals surface area (Å²) >= 11 is 0. The molecule has 4 heteroatoms. The predicted molar refractivity (Wildman–Crippen MR) is 40.6 cm³/mol. The van der Waals surface area contributed by atoms with Crippen molar-refractivity contribution < 1.29 is 19.8 Å². The van der Waals surface area contributed by atoms with Gasteiger partial charge in [0.1, 0.15) is 0 Å². The molecule has 1 aliphatic rings. The molecule has 12 heavy (non-hydrogen) atoms. The average Bonchev–Trinajstić information content (AvgIpc) is 2.04. The number of carbonyl (C=O) groups is 2. The molecular weight excluding hydrogens is 160 g/mol. The number of carboxylic acid groups (broad SMARTS) is 2. The minimum Gasteiger partial charge on any atom is -0.481 e. The summed E-state index contributed by atoms with van der Waals surface area (Å²) in [4.78, 5) is 20.9. The number of carboxylic acids is 2. The van der Waals surface area contributed by atoms with E-state index in [9.17, 15) is 9.59 Å². The lowest BCUT2D eigenvalue weighted by Crippen LogP contribution is -2.20. The number of rotatable bonds is 2. The van der Waals surface area contributed by atoms with Crippen LogP contribution in [-0.4, -0.2) is 22.2 Å². The van der Waals surface area contributed by atoms with E-state index in [0.717, 1.165) is 0 Å². The third kappa shape index (κ3) is 1.84. The maximum Gasteiger partial charge on any atom is 0.310 e. The van der Waals surface area contributed by atoms with E-state index in [1.54, 1.807) is 0 Å². The minimum absolute atomic E-state index is 0.419. The third-order valence-corrected chi connectivity index (χ3v) is 2.00. The molecule has 0 aromatic heterocycles. The van der Waals surface area contributed by atoms with Gasteiger partial charge in [-0.1, -0.05) is 12.2 Å². The van der Waals surface area contributed by atoms with Crippen molar-refractivity contribution in [2.75, 3.05) is 0 Å². The van der Waals surface area contributed by atoms with Crippen molar-refractivity contribution in [1.29, 1.82) is 0 Å². The van der Waals surface area contributed by atoms with Crippen molar-refractivity contribution in [1.82, 2.24) is 0 Å². The molecule has 4 nitrogen and oxygen atoms in total. The smallest absolute Gasteiger partial charge is 0.310 e. The lowest BCUT2D eigenvalue weighted by Gasteiger charge is -2.16. The topological polar surface area (TPSA) is 74.6 Å². The molecule has 1 aliphatic carbocycles. The summed E-state index contributed by atoms with van der Waals surface area (Å²) in [7, 11) is 0. The van der Waals surface area contributed by atoms with Gasteiger partial charge < -0.3 is 10.2 Å². The highest BCUT2D eigenvalue weighted by Crippen LogP contribution is 2.22. The monoisotopic (exact) mass is 170 g/mol. The van der Waals surface area contributed by atoms with Crippen LogP contribution in [0.5, 0.6) is 0 Å². The summed E-state index contributed by atoms with van der Waals surface area (Å²) in [5, 5.41) is 17.1. The van der Waals surface area contributed by atoms with E-state index in [0.29, 0.717) is 12.8 Å². The molecule has 0 aliphatic heterocycles. The van der Waals surface area contributed by atoms with E-state index >= 15 is 0 Å². The fourth-order valence-electron chi connectivity index (χ4n) is 1.23. The van der Waals surface area contributed by atoms with Gasteiger partial charge in [-0.2, -0.15) is 0 Å². The molecule has 0 fully saturated rings. The van der Waals surface area contributed by atoms with Crippen molar-refractivity contribution in [3.8, 4) is 0 Å². The zero-order valence-electron chi connectivity index (χ0n) is 6.43. The Balaban J connectivity index is 2.59. The third-order valence-electron chi connectivity index (χ3n) is 2.00. The van der Waals surface area contributed by atoms with Crippen LogP contribution >= 0.6 is 0 Å². The summed E-state index contributed by atoms with van der Waals surface area (Å²) < 4.78 is 0. The average molecular weight is 170 g/mol. The normalized spacial score (nSPS) is 28.3. The highest BCUT2D eigenvalue weighted by molar-refractivity contribution is 5.75. The van der Waals surface area contributed by atoms with Crippen LogP contribution in [0.1, 0.15) is 12.8 Å². The van der Waals surface area contributed by atoms with E-state index in [4.69, 9.17) is 10.2 Å². The zero-order chi connectivity index (χ0) is 9.14. The van der Waals surface area contributed by atoms with Gasteiger partial charge in [-0.15, -0.1) is 0 Å². The van der Waals surface area contributed by atoms with Gasteiger partial charge in [-0.05, 0) is 12.8 Å². The molecule has 0 aromatic rings. The summed E-state index contributed by atoms with van der Waals surface area (Å²) in [5.41, 5.74) is 0. The van der Waals surface area contributed by atoms with Crippen LogP contribution in [0.3, 0.4) is 0 Å². The Morgan fingerprint density at radius 3 is 1.50 bits per heavy atom. The second-order valence-corrected chi connectivity index (χ2v) is 2.85. The van der Waals surface area contributed by atoms with Gasteiger partial charge in [0, 0.05) is 0 Å². The van der Waals surface area contributed by atoms with E-state index in [-0.39, 0.29) is 0 Å². The molecule has 0 bridgehead atoms. The summed E-state index contributed by atoms with van der Waals surface area (Å²) in [5.74, 6) is -2.76. The largest absolute Gasteiger partial charge is 0.481 e. The molecule has 0 saturated carbocycles. The van der Waals surface area contributed by atoms with E-state index in [2.05, 4.69) is 0 Å². The van der Waals surface area contributed by atoms with Gasteiger partial charge in [-0.25, -0.2) is 0 Å². The fraction of sp³-hybridized carbons (Fsp3) is 0.500. The first kappa shape index (κ1) is 8.77. The van der Waals surface area contributed by atoms with Gasteiger partial charge >= 0.3 is 11.9 Å². The molecule has 0 saturated heterocycles. The molecule has 2 atom stereocenters. The Labute approximate surface area is 69.5 Å². The molecule has 2 N–H and O–H groups in total. The highest BCUT2D eigenvalue weighted by atomic mass is 16.4. The zero-order valence-corrected chi connectivity index (χ0v) is 6.43. The van der Waals surface area contributed by atoms with Crippen molar-refractivity contribution in [2.24, 2.45) is 11.8 Å². The summed E-state index contributed by atoms with van der Waals surface area (Å²) in [6.45, 7) is 0. The number of aliphatic carboxylic acids is 2. The van der Waals surface area contributed by atoms with Crippen LogP contribution in [0.2, 0.25) is 0 Å². The number of hydrogen-bond acceptors (Lipinski definition) is 2. The van der Waals surface area contributed by atoms with Gasteiger partial charge in [-0.3, -0.25) is 9.59 Å². The first-order valence-corrected chi connectivity index (χ1v) is 3.75. The lowest BCUT2D eigenvalue weighted by atomic mass is 9.89. The quantitative estimate of drug-likeness (QED) is 0.599. The minimum atomic E-state index is -0.880. The Morgan fingerprint density at radius 1 is 1.00 bits per heavy atom. The first-order chi connectivity index (χ1) is 5.61. The Kier molecular flexibility index (Phi) is 2.47. The van der Waals surface area contributed by atoms with Crippen LogP contribution < -0.4 is 0 Å².